The van der Waals surface area contributed by atoms with E-state index in [2.05, 4.69) is 19.2 Å². The SMILES string of the molecule is CCCC(C)CNC1(CCl)CC1. The zero-order valence-electron chi connectivity index (χ0n) is 8.20. The highest BCUT2D eigenvalue weighted by Crippen LogP contribution is 2.36. The molecule has 1 saturated carbocycles. The van der Waals surface area contributed by atoms with Crippen LogP contribution in [0.15, 0.2) is 0 Å². The first-order valence-electron chi connectivity index (χ1n) is 5.03. The van der Waals surface area contributed by atoms with Crippen molar-refractivity contribution < 1.29 is 0 Å². The van der Waals surface area contributed by atoms with Gasteiger partial charge in [-0.15, -0.1) is 11.6 Å². The minimum absolute atomic E-state index is 0.337. The fraction of sp³-hybridized carbons (Fsp3) is 1.00. The molecule has 1 aliphatic carbocycles. The smallest absolute Gasteiger partial charge is 0.0406 e. The van der Waals surface area contributed by atoms with Crippen molar-refractivity contribution in [3.63, 3.8) is 0 Å². The van der Waals surface area contributed by atoms with E-state index < -0.39 is 0 Å². The molecular weight excluding hydrogens is 170 g/mol. The molecule has 2 heteroatoms. The average Bonchev–Trinajstić information content (AvgIpc) is 2.82. The average molecular weight is 190 g/mol. The highest BCUT2D eigenvalue weighted by atomic mass is 35.5. The van der Waals surface area contributed by atoms with E-state index in [1.54, 1.807) is 0 Å². The molecule has 1 atom stereocenters. The summed E-state index contributed by atoms with van der Waals surface area (Å²) < 4.78 is 0. The molecule has 1 N–H and O–H groups in total. The van der Waals surface area contributed by atoms with Gasteiger partial charge in [0.25, 0.3) is 0 Å². The second-order valence-corrected chi connectivity index (χ2v) is 4.46. The molecule has 1 rings (SSSR count). The van der Waals surface area contributed by atoms with Crippen LogP contribution in [-0.4, -0.2) is 18.0 Å². The number of rotatable bonds is 6. The molecule has 1 fully saturated rings. The maximum Gasteiger partial charge on any atom is 0.0406 e. The van der Waals surface area contributed by atoms with E-state index in [9.17, 15) is 0 Å². The number of hydrogen-bond donors (Lipinski definition) is 1. The minimum atomic E-state index is 0.337. The van der Waals surface area contributed by atoms with Gasteiger partial charge >= 0.3 is 0 Å². The first kappa shape index (κ1) is 10.3. The predicted molar refractivity (Wildman–Crippen MR) is 54.8 cm³/mol. The zero-order chi connectivity index (χ0) is 9.03. The van der Waals surface area contributed by atoms with Crippen LogP contribution in [0.4, 0.5) is 0 Å². The van der Waals surface area contributed by atoms with Gasteiger partial charge in [-0.1, -0.05) is 20.3 Å². The molecule has 0 amide bonds. The summed E-state index contributed by atoms with van der Waals surface area (Å²) in [6.07, 6.45) is 5.16. The molecule has 1 nitrogen and oxygen atoms in total. The van der Waals surface area contributed by atoms with E-state index in [0.29, 0.717) is 5.54 Å². The number of halogens is 1. The Bertz CT molecular complexity index is 132. The summed E-state index contributed by atoms with van der Waals surface area (Å²) >= 11 is 5.85. The minimum Gasteiger partial charge on any atom is -0.310 e. The van der Waals surface area contributed by atoms with Crippen molar-refractivity contribution in [2.75, 3.05) is 12.4 Å². The van der Waals surface area contributed by atoms with E-state index in [1.165, 1.54) is 25.7 Å². The van der Waals surface area contributed by atoms with Crippen molar-refractivity contribution in [3.05, 3.63) is 0 Å². The Hall–Kier alpha value is 0.250. The van der Waals surface area contributed by atoms with E-state index in [1.807, 2.05) is 0 Å². The van der Waals surface area contributed by atoms with Crippen molar-refractivity contribution in [1.82, 2.24) is 5.32 Å². The van der Waals surface area contributed by atoms with Gasteiger partial charge in [-0.05, 0) is 31.7 Å². The Morgan fingerprint density at radius 1 is 1.50 bits per heavy atom. The molecule has 0 radical (unpaired) electrons. The summed E-state index contributed by atoms with van der Waals surface area (Å²) in [5, 5.41) is 3.57. The predicted octanol–water partition coefficient (Wildman–Crippen LogP) is 2.78. The number of alkyl halides is 1. The van der Waals surface area contributed by atoms with Crippen LogP contribution >= 0.6 is 11.6 Å². The van der Waals surface area contributed by atoms with Gasteiger partial charge < -0.3 is 5.32 Å². The first-order chi connectivity index (χ1) is 5.72. The van der Waals surface area contributed by atoms with E-state index in [0.717, 1.165) is 18.3 Å². The molecule has 1 aliphatic rings. The van der Waals surface area contributed by atoms with Crippen molar-refractivity contribution in [1.29, 1.82) is 0 Å². The molecule has 0 heterocycles. The lowest BCUT2D eigenvalue weighted by atomic mass is 10.1. The zero-order valence-corrected chi connectivity index (χ0v) is 8.95. The molecular formula is C10H20ClN. The Kier molecular flexibility index (Phi) is 3.85. The third-order valence-electron chi connectivity index (χ3n) is 2.72. The lowest BCUT2D eigenvalue weighted by molar-refractivity contribution is 0.431. The van der Waals surface area contributed by atoms with Crippen molar-refractivity contribution >= 4 is 11.6 Å². The quantitative estimate of drug-likeness (QED) is 0.634. The summed E-state index contributed by atoms with van der Waals surface area (Å²) in [5.74, 6) is 1.59. The third kappa shape index (κ3) is 2.95. The van der Waals surface area contributed by atoms with Crippen LogP contribution in [0.5, 0.6) is 0 Å². The highest BCUT2D eigenvalue weighted by Gasteiger charge is 2.41. The molecule has 0 spiro atoms. The van der Waals surface area contributed by atoms with Crippen molar-refractivity contribution in [2.24, 2.45) is 5.92 Å². The summed E-state index contributed by atoms with van der Waals surface area (Å²) in [6, 6.07) is 0. The molecule has 0 aliphatic heterocycles. The van der Waals surface area contributed by atoms with Gasteiger partial charge in [-0.25, -0.2) is 0 Å². The summed E-state index contributed by atoms with van der Waals surface area (Å²) in [5.41, 5.74) is 0.337. The van der Waals surface area contributed by atoms with Gasteiger partial charge in [0.15, 0.2) is 0 Å². The third-order valence-corrected chi connectivity index (χ3v) is 3.23. The highest BCUT2D eigenvalue weighted by molar-refractivity contribution is 6.18. The number of nitrogens with one attached hydrogen (secondary N) is 1. The van der Waals surface area contributed by atoms with Gasteiger partial charge in [0.05, 0.1) is 0 Å². The normalized spacial score (nSPS) is 22.2. The van der Waals surface area contributed by atoms with E-state index in [4.69, 9.17) is 11.6 Å². The van der Waals surface area contributed by atoms with Crippen LogP contribution in [-0.2, 0) is 0 Å². The monoisotopic (exact) mass is 189 g/mol. The largest absolute Gasteiger partial charge is 0.310 e. The van der Waals surface area contributed by atoms with Crippen LogP contribution < -0.4 is 5.32 Å². The molecule has 1 unspecified atom stereocenters. The van der Waals surface area contributed by atoms with Crippen LogP contribution in [0.2, 0.25) is 0 Å². The summed E-state index contributed by atoms with van der Waals surface area (Å²) in [4.78, 5) is 0. The molecule has 0 aromatic heterocycles. The van der Waals surface area contributed by atoms with Crippen LogP contribution in [0.25, 0.3) is 0 Å². The van der Waals surface area contributed by atoms with Gasteiger partial charge in [0.1, 0.15) is 0 Å². The summed E-state index contributed by atoms with van der Waals surface area (Å²) in [6.45, 7) is 5.69. The Labute approximate surface area is 80.9 Å². The van der Waals surface area contributed by atoms with Gasteiger partial charge in [0.2, 0.25) is 0 Å². The van der Waals surface area contributed by atoms with Gasteiger partial charge in [0, 0.05) is 11.4 Å². The van der Waals surface area contributed by atoms with Crippen LogP contribution in [0.1, 0.15) is 39.5 Å². The fourth-order valence-corrected chi connectivity index (χ4v) is 1.86. The topological polar surface area (TPSA) is 12.0 Å². The molecule has 12 heavy (non-hydrogen) atoms. The molecule has 0 saturated heterocycles. The van der Waals surface area contributed by atoms with Gasteiger partial charge in [-0.3, -0.25) is 0 Å². The molecule has 0 aromatic carbocycles. The summed E-state index contributed by atoms with van der Waals surface area (Å²) in [7, 11) is 0. The molecule has 72 valence electrons. The van der Waals surface area contributed by atoms with Crippen molar-refractivity contribution in [3.8, 4) is 0 Å². The molecule has 0 bridgehead atoms. The van der Waals surface area contributed by atoms with Gasteiger partial charge in [-0.2, -0.15) is 0 Å². The Balaban J connectivity index is 2.08. The standard InChI is InChI=1S/C10H20ClN/c1-3-4-9(2)7-12-10(8-11)5-6-10/h9,12H,3-8H2,1-2H3. The fourth-order valence-electron chi connectivity index (χ4n) is 1.49. The Morgan fingerprint density at radius 3 is 2.58 bits per heavy atom. The first-order valence-corrected chi connectivity index (χ1v) is 5.57. The van der Waals surface area contributed by atoms with Crippen molar-refractivity contribution in [2.45, 2.75) is 45.1 Å². The van der Waals surface area contributed by atoms with E-state index in [-0.39, 0.29) is 0 Å². The maximum absolute atomic E-state index is 5.85. The van der Waals surface area contributed by atoms with E-state index >= 15 is 0 Å². The lowest BCUT2D eigenvalue weighted by Crippen LogP contribution is -2.36. The van der Waals surface area contributed by atoms with Crippen LogP contribution in [0.3, 0.4) is 0 Å². The number of hydrogen-bond acceptors (Lipinski definition) is 1. The lowest BCUT2D eigenvalue weighted by Gasteiger charge is -2.17. The van der Waals surface area contributed by atoms with Crippen LogP contribution in [0, 0.1) is 5.92 Å². The second kappa shape index (κ2) is 4.48. The second-order valence-electron chi connectivity index (χ2n) is 4.19. The Morgan fingerprint density at radius 2 is 2.17 bits per heavy atom. The molecule has 0 aromatic rings. The maximum atomic E-state index is 5.85.